The summed E-state index contributed by atoms with van der Waals surface area (Å²) < 4.78 is 38.1. The van der Waals surface area contributed by atoms with E-state index in [4.69, 9.17) is 5.84 Å². The van der Waals surface area contributed by atoms with E-state index in [0.717, 1.165) is 25.9 Å². The molecule has 0 aliphatic carbocycles. The van der Waals surface area contributed by atoms with Crippen LogP contribution in [0.4, 0.5) is 24.8 Å². The fourth-order valence-corrected chi connectivity index (χ4v) is 2.08. The van der Waals surface area contributed by atoms with E-state index >= 15 is 0 Å². The first kappa shape index (κ1) is 14.8. The molecule has 2 heterocycles. The number of alkyl halides is 3. The zero-order valence-corrected chi connectivity index (χ0v) is 11.0. The van der Waals surface area contributed by atoms with Crippen LogP contribution >= 0.6 is 0 Å². The van der Waals surface area contributed by atoms with Crippen molar-refractivity contribution in [3.63, 3.8) is 0 Å². The quantitative estimate of drug-likeness (QED) is 0.575. The number of nitrogens with one attached hydrogen (secondary N) is 2. The predicted molar refractivity (Wildman–Crippen MR) is 69.0 cm³/mol. The molecule has 1 fully saturated rings. The van der Waals surface area contributed by atoms with Crippen LogP contribution in [-0.4, -0.2) is 41.0 Å². The summed E-state index contributed by atoms with van der Waals surface area (Å²) >= 11 is 0. The van der Waals surface area contributed by atoms with Crippen LogP contribution in [0.15, 0.2) is 6.07 Å². The van der Waals surface area contributed by atoms with Gasteiger partial charge in [-0.15, -0.1) is 0 Å². The van der Waals surface area contributed by atoms with Crippen LogP contribution in [0, 0.1) is 0 Å². The van der Waals surface area contributed by atoms with Crippen LogP contribution in [0.1, 0.15) is 18.7 Å². The van der Waals surface area contributed by atoms with Gasteiger partial charge in [-0.2, -0.15) is 13.2 Å². The van der Waals surface area contributed by atoms with Gasteiger partial charge in [-0.25, -0.2) is 15.8 Å². The Morgan fingerprint density at radius 1 is 1.25 bits per heavy atom. The van der Waals surface area contributed by atoms with E-state index in [-0.39, 0.29) is 17.7 Å². The van der Waals surface area contributed by atoms with Gasteiger partial charge in [0.1, 0.15) is 11.6 Å². The van der Waals surface area contributed by atoms with E-state index < -0.39 is 12.0 Å². The van der Waals surface area contributed by atoms with Gasteiger partial charge in [0.2, 0.25) is 5.82 Å². The van der Waals surface area contributed by atoms with E-state index in [1.165, 1.54) is 6.07 Å². The van der Waals surface area contributed by atoms with Gasteiger partial charge in [0, 0.05) is 12.1 Å². The Bertz CT molecular complexity index is 456. The van der Waals surface area contributed by atoms with Crippen molar-refractivity contribution in [2.45, 2.75) is 25.1 Å². The van der Waals surface area contributed by atoms with Gasteiger partial charge in [0.25, 0.3) is 0 Å². The van der Waals surface area contributed by atoms with Gasteiger partial charge in [-0.3, -0.25) is 0 Å². The first-order valence-electron chi connectivity index (χ1n) is 6.26. The van der Waals surface area contributed by atoms with Crippen molar-refractivity contribution >= 4 is 11.6 Å². The Labute approximate surface area is 114 Å². The molecule has 0 radical (unpaired) electrons. The summed E-state index contributed by atoms with van der Waals surface area (Å²) in [5.41, 5.74) is 2.12. The molecule has 1 aliphatic rings. The molecule has 0 aromatic carbocycles. The van der Waals surface area contributed by atoms with Crippen molar-refractivity contribution in [3.05, 3.63) is 11.9 Å². The Kier molecular flexibility index (Phi) is 4.29. The number of rotatable bonds is 3. The smallest absolute Gasteiger partial charge is 0.367 e. The van der Waals surface area contributed by atoms with E-state index in [0.29, 0.717) is 0 Å². The third-order valence-electron chi connectivity index (χ3n) is 3.20. The molecule has 112 valence electrons. The standard InChI is InChI=1S/C11H17F3N6/c1-20-4-2-7(3-5-20)16-8-6-9(19-15)18-10(17-8)11(12,13)14/h6-7H,2-5,15H2,1H3,(H2,16,17,18,19). The molecule has 0 spiro atoms. The molecule has 1 aliphatic heterocycles. The molecule has 0 bridgehead atoms. The van der Waals surface area contributed by atoms with Gasteiger partial charge in [-0.05, 0) is 33.0 Å². The van der Waals surface area contributed by atoms with Crippen molar-refractivity contribution in [2.75, 3.05) is 30.9 Å². The highest BCUT2D eigenvalue weighted by Gasteiger charge is 2.35. The molecule has 20 heavy (non-hydrogen) atoms. The summed E-state index contributed by atoms with van der Waals surface area (Å²) in [6.45, 7) is 1.80. The highest BCUT2D eigenvalue weighted by Crippen LogP contribution is 2.28. The molecule has 1 aromatic heterocycles. The molecule has 0 saturated carbocycles. The third kappa shape index (κ3) is 3.70. The molecular formula is C11H17F3N6. The molecule has 1 saturated heterocycles. The highest BCUT2D eigenvalue weighted by molar-refractivity contribution is 5.47. The van der Waals surface area contributed by atoms with Crippen LogP contribution in [0.5, 0.6) is 0 Å². The minimum Gasteiger partial charge on any atom is -0.367 e. The molecule has 9 heteroatoms. The van der Waals surface area contributed by atoms with Gasteiger partial charge in [0.05, 0.1) is 0 Å². The average molecular weight is 290 g/mol. The van der Waals surface area contributed by atoms with Crippen LogP contribution < -0.4 is 16.6 Å². The Balaban J connectivity index is 2.14. The number of anilines is 2. The minimum atomic E-state index is -4.60. The van der Waals surface area contributed by atoms with Crippen molar-refractivity contribution in [1.29, 1.82) is 0 Å². The lowest BCUT2D eigenvalue weighted by Gasteiger charge is -2.29. The first-order valence-corrected chi connectivity index (χ1v) is 6.26. The summed E-state index contributed by atoms with van der Waals surface area (Å²) in [5, 5.41) is 3.02. The molecule has 4 N–H and O–H groups in total. The van der Waals surface area contributed by atoms with E-state index in [2.05, 4.69) is 25.6 Å². The molecule has 6 nitrogen and oxygen atoms in total. The van der Waals surface area contributed by atoms with E-state index in [9.17, 15) is 13.2 Å². The molecule has 0 amide bonds. The third-order valence-corrected chi connectivity index (χ3v) is 3.20. The van der Waals surface area contributed by atoms with Crippen molar-refractivity contribution in [3.8, 4) is 0 Å². The van der Waals surface area contributed by atoms with E-state index in [1.807, 2.05) is 7.05 Å². The lowest BCUT2D eigenvalue weighted by Crippen LogP contribution is -2.37. The number of hydrazine groups is 1. The predicted octanol–water partition coefficient (Wildman–Crippen LogP) is 1.29. The van der Waals surface area contributed by atoms with Crippen molar-refractivity contribution < 1.29 is 13.2 Å². The number of hydrogen-bond acceptors (Lipinski definition) is 6. The number of piperidine rings is 1. The zero-order valence-electron chi connectivity index (χ0n) is 11.0. The number of nitrogen functional groups attached to an aromatic ring is 1. The lowest BCUT2D eigenvalue weighted by atomic mass is 10.1. The van der Waals surface area contributed by atoms with Gasteiger partial charge in [-0.1, -0.05) is 0 Å². The monoisotopic (exact) mass is 290 g/mol. The highest BCUT2D eigenvalue weighted by atomic mass is 19.4. The molecule has 0 unspecified atom stereocenters. The molecule has 0 atom stereocenters. The number of aromatic nitrogens is 2. The normalized spacial score (nSPS) is 18.1. The van der Waals surface area contributed by atoms with Crippen LogP contribution in [0.2, 0.25) is 0 Å². The Hall–Kier alpha value is -1.61. The van der Waals surface area contributed by atoms with Crippen molar-refractivity contribution in [1.82, 2.24) is 14.9 Å². The zero-order chi connectivity index (χ0) is 14.8. The summed E-state index contributed by atoms with van der Waals surface area (Å²) in [6.07, 6.45) is -2.89. The molecule has 1 aromatic rings. The summed E-state index contributed by atoms with van der Waals surface area (Å²) in [7, 11) is 2.01. The second-order valence-corrected chi connectivity index (χ2v) is 4.83. The minimum absolute atomic E-state index is 0.0669. The van der Waals surface area contributed by atoms with Crippen LogP contribution in [0.25, 0.3) is 0 Å². The second-order valence-electron chi connectivity index (χ2n) is 4.83. The summed E-state index contributed by atoms with van der Waals surface area (Å²) in [5.74, 6) is 4.00. The number of nitrogens with two attached hydrogens (primary N) is 1. The number of halogens is 3. The first-order chi connectivity index (χ1) is 9.38. The maximum absolute atomic E-state index is 12.7. The summed E-state index contributed by atoms with van der Waals surface area (Å²) in [6, 6.07) is 1.47. The molecular weight excluding hydrogens is 273 g/mol. The van der Waals surface area contributed by atoms with Gasteiger partial charge in [0.15, 0.2) is 0 Å². The Morgan fingerprint density at radius 2 is 1.85 bits per heavy atom. The van der Waals surface area contributed by atoms with Crippen LogP contribution in [-0.2, 0) is 6.18 Å². The van der Waals surface area contributed by atoms with E-state index in [1.54, 1.807) is 0 Å². The fourth-order valence-electron chi connectivity index (χ4n) is 2.08. The number of nitrogens with zero attached hydrogens (tertiary/aromatic N) is 3. The maximum Gasteiger partial charge on any atom is 0.451 e. The Morgan fingerprint density at radius 3 is 2.40 bits per heavy atom. The average Bonchev–Trinajstić information content (AvgIpc) is 2.40. The topological polar surface area (TPSA) is 79.1 Å². The van der Waals surface area contributed by atoms with Gasteiger partial charge < -0.3 is 15.6 Å². The van der Waals surface area contributed by atoms with Crippen molar-refractivity contribution in [2.24, 2.45) is 5.84 Å². The number of likely N-dealkylation sites (tertiary alicyclic amines) is 1. The summed E-state index contributed by atoms with van der Waals surface area (Å²) in [4.78, 5) is 8.99. The number of hydrogen-bond donors (Lipinski definition) is 3. The SMILES string of the molecule is CN1CCC(Nc2cc(NN)nc(C(F)(F)F)n2)CC1. The second kappa shape index (κ2) is 5.80. The van der Waals surface area contributed by atoms with Gasteiger partial charge >= 0.3 is 6.18 Å². The van der Waals surface area contributed by atoms with Crippen LogP contribution in [0.3, 0.4) is 0 Å². The molecule has 2 rings (SSSR count). The maximum atomic E-state index is 12.7. The largest absolute Gasteiger partial charge is 0.451 e. The lowest BCUT2D eigenvalue weighted by molar-refractivity contribution is -0.144. The fraction of sp³-hybridized carbons (Fsp3) is 0.636.